The molecule has 682 valence electrons. The number of rotatable bonds is 18. The fourth-order valence-corrected chi connectivity index (χ4v) is 19.7. The van der Waals surface area contributed by atoms with E-state index in [1.54, 1.807) is 110 Å². The number of aliphatic imine (C=N–C) groups is 1. The van der Waals surface area contributed by atoms with Crippen LogP contribution in [0.1, 0.15) is 201 Å². The Kier molecular flexibility index (Phi) is 25.2. The predicted molar refractivity (Wildman–Crippen MR) is 529 cm³/mol. The van der Waals surface area contributed by atoms with Crippen molar-refractivity contribution in [3.8, 4) is 24.3 Å². The number of anilines is 4. The Morgan fingerprint density at radius 1 is 0.485 bits per heavy atom. The molecule has 6 aromatic carbocycles. The number of hydrogen-bond donors (Lipinski definition) is 4. The summed E-state index contributed by atoms with van der Waals surface area (Å²) in [5, 5.41) is 81.3. The Hall–Kier alpha value is -14.0. The molecule has 0 spiro atoms. The van der Waals surface area contributed by atoms with Gasteiger partial charge in [-0.15, -0.1) is 15.3 Å². The molecule has 134 heavy (non-hydrogen) atoms. The molecule has 28 nitrogen and oxygen atoms in total. The van der Waals surface area contributed by atoms with Crippen LogP contribution < -0.4 is 38.4 Å². The van der Waals surface area contributed by atoms with Crippen molar-refractivity contribution in [3.63, 3.8) is 0 Å². The molecular weight excluding hydrogens is 1740 g/mol. The van der Waals surface area contributed by atoms with Crippen LogP contribution in [0.2, 0.25) is 15.1 Å². The summed E-state index contributed by atoms with van der Waals surface area (Å²) in [5.74, 6) is 2.09. The maximum Gasteiger partial charge on any atom is 0.258 e. The second-order valence-corrected chi connectivity index (χ2v) is 41.2. The summed E-state index contributed by atoms with van der Waals surface area (Å²) >= 11 is 19.8. The lowest BCUT2D eigenvalue weighted by Crippen LogP contribution is -2.59. The molecule has 9 saturated carbocycles. The third-order valence-electron chi connectivity index (χ3n) is 26.3. The van der Waals surface area contributed by atoms with Crippen LogP contribution >= 0.6 is 34.8 Å². The minimum absolute atomic E-state index is 0. The van der Waals surface area contributed by atoms with Gasteiger partial charge in [0.2, 0.25) is 5.78 Å². The SMILES string of the molecule is C.CC#N.CC(C)(C)CNc1c(C#N)cnc2c(Cl)cc(N)cc12.Cn1ccc2c(C(=Nc3cc(Cl)c4ncc(C#N)c(NCC(C)(C)C)c4c3)c3cn(C45CC(C4)C5)nn3)cccc2c1=O.Cn1ccc2c(C(=O)c3cn(C45CC(C4)C5)nn3)cccc2c1=O.Cn1ccc2c([C@H](Cc3cc(Cl)c4ncc(C#N)c(NCC(C)(C)C)c4c3)c3cn(C45CC(C4)C5)nn3)cccc2c1=O. The summed E-state index contributed by atoms with van der Waals surface area (Å²) in [6.07, 6.45) is 26.7. The number of hydrogen-bond acceptors (Lipinski definition) is 22. The Balaban J connectivity index is 0.000000134. The first-order chi connectivity index (χ1) is 63.4. The van der Waals surface area contributed by atoms with Gasteiger partial charge in [0.15, 0.2) is 5.69 Å². The van der Waals surface area contributed by atoms with E-state index in [1.165, 1.54) is 37.0 Å². The van der Waals surface area contributed by atoms with E-state index in [4.69, 9.17) is 55.9 Å². The highest BCUT2D eigenvalue weighted by molar-refractivity contribution is 6.37. The Labute approximate surface area is 790 Å². The zero-order valence-corrected chi connectivity index (χ0v) is 78.6. The third-order valence-corrected chi connectivity index (χ3v) is 27.2. The summed E-state index contributed by atoms with van der Waals surface area (Å²) < 4.78 is 10.6. The molecule has 0 saturated heterocycles. The van der Waals surface area contributed by atoms with Crippen LogP contribution in [0.15, 0.2) is 184 Å². The number of carbonyl (C=O) groups excluding carboxylic acids is 1. The number of carbonyl (C=O) groups is 1. The molecule has 9 heterocycles. The third kappa shape index (κ3) is 17.9. The van der Waals surface area contributed by atoms with Crippen LogP contribution in [0.4, 0.5) is 28.4 Å². The van der Waals surface area contributed by atoms with Gasteiger partial charge in [-0.05, 0) is 198 Å². The van der Waals surface area contributed by atoms with Crippen LogP contribution in [0.25, 0.3) is 65.0 Å². The van der Waals surface area contributed by atoms with Gasteiger partial charge in [0.05, 0.1) is 112 Å². The highest BCUT2D eigenvalue weighted by Gasteiger charge is 2.61. The van der Waals surface area contributed by atoms with E-state index < -0.39 is 0 Å². The standard InChI is InChI=1S/C34H34ClN7O.C33H31ClN8O.C18H16N4O2.C15H17ClN4.C2H3N.CH4/c1-33(2,3)19-38-30-22(16-36)17-37-31-27(30)11-20(12-28(31)35)10-26(29-18-42(40-39-29)34-13-21(14-34)15-34)23-6-5-7-25-24(23)8-9-41(4)32(25)43;1-32(2,3)18-37-28-20(15-35)16-36-29-25(28)10-21(11-26(29)34)38-30(27-17-42(40-39-27)33-12-19(13-33)14-33)23-6-5-7-24-22(23)8-9-41(4)31(24)43;1-21-6-5-12-13(3-2-4-14(12)17(21)24)16(23)15-10-22(20-19-15)18-7-11(8-18)9-18;1-15(2,3)8-20-13-9(6-17)7-19-14-11(13)4-10(18)5-12(14)16;1-2-3;/h5-9,11-12,17-18,21,26H,10,13-15,19H2,1-4H3,(H,37,38);5-11,16-17,19H,12-14,18H2,1-4H3,(H,36,37);2-6,10-11H,7-9H2,1H3;4-5,7H,8,18H2,1-3H3,(H,19,20);1H3;1H4/t21?,26-,34?;;;;;/m0...../s1. The lowest BCUT2D eigenvalue weighted by atomic mass is 9.50. The van der Waals surface area contributed by atoms with Gasteiger partial charge in [-0.3, -0.25) is 34.1 Å². The first-order valence-electron chi connectivity index (χ1n) is 44.4. The number of aromatic nitrogens is 15. The minimum Gasteiger partial charge on any atom is -0.399 e. The number of nitrogens with zero attached hydrogens (tertiary/aromatic N) is 20. The van der Waals surface area contributed by atoms with Crippen molar-refractivity contribution in [2.75, 3.05) is 41.3 Å². The van der Waals surface area contributed by atoms with Crippen molar-refractivity contribution in [2.45, 2.75) is 163 Å². The van der Waals surface area contributed by atoms with Crippen LogP contribution in [0.3, 0.4) is 0 Å². The zero-order chi connectivity index (χ0) is 94.3. The molecule has 9 aliphatic carbocycles. The number of pyridine rings is 6. The lowest BCUT2D eigenvalue weighted by Gasteiger charge is -2.61. The van der Waals surface area contributed by atoms with Gasteiger partial charge in [0.1, 0.15) is 29.6 Å². The smallest absolute Gasteiger partial charge is 0.258 e. The highest BCUT2D eigenvalue weighted by Crippen LogP contribution is 2.64. The monoisotopic (exact) mass is 1850 g/mol. The minimum atomic E-state index is -0.188. The molecule has 0 radical (unpaired) electrons. The lowest BCUT2D eigenvalue weighted by molar-refractivity contribution is -0.0990. The van der Waals surface area contributed by atoms with Crippen molar-refractivity contribution in [3.05, 3.63) is 267 Å². The van der Waals surface area contributed by atoms with E-state index in [0.29, 0.717) is 134 Å². The molecule has 5 N–H and O–H groups in total. The molecule has 24 rings (SSSR count). The van der Waals surface area contributed by atoms with Crippen LogP contribution in [0, 0.1) is 79.3 Å². The molecule has 1 atom stereocenters. The number of halogens is 3. The van der Waals surface area contributed by atoms with Gasteiger partial charge in [0, 0.05) is 146 Å². The van der Waals surface area contributed by atoms with Gasteiger partial charge in [-0.2, -0.15) is 21.0 Å². The number of benzene rings is 6. The molecule has 31 heteroatoms. The maximum absolute atomic E-state index is 13.1. The van der Waals surface area contributed by atoms with E-state index in [1.807, 2.05) is 76.4 Å². The fraction of sp³-hybridized carbons (Fsp3) is 0.359. The van der Waals surface area contributed by atoms with Crippen molar-refractivity contribution in [1.82, 2.24) is 73.6 Å². The van der Waals surface area contributed by atoms with E-state index in [2.05, 4.69) is 160 Å². The van der Waals surface area contributed by atoms with Gasteiger partial charge >= 0.3 is 0 Å². The van der Waals surface area contributed by atoms with E-state index in [-0.39, 0.29) is 68.7 Å². The second kappa shape index (κ2) is 36.2. The van der Waals surface area contributed by atoms with Gasteiger partial charge in [-0.25, -0.2) is 19.0 Å². The number of nitrogens with one attached hydrogen (secondary N) is 3. The average molecular weight is 1850 g/mol. The van der Waals surface area contributed by atoms with Crippen LogP contribution in [-0.2, 0) is 44.2 Å². The topological polar surface area (TPSA) is 383 Å². The quantitative estimate of drug-likeness (QED) is 0.0352. The average Bonchev–Trinajstić information content (AvgIpc) is 1.29. The molecule has 0 unspecified atom stereocenters. The zero-order valence-electron chi connectivity index (χ0n) is 76.4. The maximum atomic E-state index is 13.1. The summed E-state index contributed by atoms with van der Waals surface area (Å²) in [7, 11) is 5.21. The highest BCUT2D eigenvalue weighted by atomic mass is 35.5. The molecule has 9 aromatic heterocycles. The van der Waals surface area contributed by atoms with E-state index in [9.17, 15) is 35.0 Å². The molecular formula is C103H105Cl3N24O4. The molecule has 0 aliphatic heterocycles. The number of aryl methyl sites for hydroxylation is 3. The summed E-state index contributed by atoms with van der Waals surface area (Å²) in [6, 6.07) is 42.1. The van der Waals surface area contributed by atoms with Crippen molar-refractivity contribution in [2.24, 2.45) is 60.1 Å². The van der Waals surface area contributed by atoms with E-state index in [0.717, 1.165) is 118 Å². The predicted octanol–water partition coefficient (Wildman–Crippen LogP) is 19.7. The molecule has 9 aliphatic rings. The first kappa shape index (κ1) is 93.2. The first-order valence-corrected chi connectivity index (χ1v) is 45.6. The van der Waals surface area contributed by atoms with Crippen molar-refractivity contribution in [1.29, 1.82) is 21.0 Å². The normalized spacial score (nSPS) is 18.8. The number of nitrogen functional groups attached to an aromatic ring is 1. The molecule has 6 bridgehead atoms. The Morgan fingerprint density at radius 2 is 0.866 bits per heavy atom. The van der Waals surface area contributed by atoms with Gasteiger partial charge < -0.3 is 35.4 Å². The van der Waals surface area contributed by atoms with Crippen molar-refractivity contribution < 1.29 is 4.79 Å². The summed E-state index contributed by atoms with van der Waals surface area (Å²) in [6.45, 7) is 22.7. The number of nitriles is 4. The van der Waals surface area contributed by atoms with Crippen LogP contribution in [-0.4, -0.2) is 105 Å². The summed E-state index contributed by atoms with van der Waals surface area (Å²) in [4.78, 5) is 69.7. The second-order valence-electron chi connectivity index (χ2n) is 40.0. The Bertz CT molecular complexity index is 7610. The van der Waals surface area contributed by atoms with Gasteiger partial charge in [-0.1, -0.05) is 157 Å². The van der Waals surface area contributed by atoms with Gasteiger partial charge in [0.25, 0.3) is 16.7 Å². The molecule has 15 aromatic rings. The van der Waals surface area contributed by atoms with Crippen LogP contribution in [0.5, 0.6) is 0 Å². The molecule has 0 amide bonds. The molecule has 9 fully saturated rings. The Morgan fingerprint density at radius 3 is 1.31 bits per heavy atom. The number of nitrogens with two attached hydrogens (primary N) is 1. The summed E-state index contributed by atoms with van der Waals surface area (Å²) in [5.41, 5.74) is 18.2. The van der Waals surface area contributed by atoms with Crippen molar-refractivity contribution >= 4 is 140 Å². The number of fused-ring (bicyclic) bond motifs is 6. The number of ketones is 1. The fourth-order valence-electron chi connectivity index (χ4n) is 18.9. The van der Waals surface area contributed by atoms with E-state index >= 15 is 0 Å². The largest absolute Gasteiger partial charge is 0.399 e.